The van der Waals surface area contributed by atoms with Gasteiger partial charge in [-0.25, -0.2) is 0 Å². The topological polar surface area (TPSA) is 34.9 Å². The number of hydrogen-bond donors (Lipinski definition) is 0. The predicted molar refractivity (Wildman–Crippen MR) is 64.1 cm³/mol. The molecular weight excluding hydrogens is 281 g/mol. The van der Waals surface area contributed by atoms with Crippen LogP contribution in [0.1, 0.15) is 36.2 Å². The fourth-order valence-corrected chi connectivity index (χ4v) is 2.82. The molecule has 2 rings (SSSR count). The Kier molecular flexibility index (Phi) is 3.90. The Labute approximate surface area is 113 Å². The van der Waals surface area contributed by atoms with Crippen LogP contribution in [0.2, 0.25) is 5.02 Å². The zero-order valence-corrected chi connectivity index (χ0v) is 11.1. The molecule has 1 aromatic rings. The van der Waals surface area contributed by atoms with Crippen LogP contribution in [0, 0.1) is 11.8 Å². The molecule has 0 spiro atoms. The van der Waals surface area contributed by atoms with E-state index < -0.39 is 12.1 Å². The molecule has 1 heterocycles. The van der Waals surface area contributed by atoms with Gasteiger partial charge in [0, 0.05) is 13.0 Å². The van der Waals surface area contributed by atoms with E-state index in [-0.39, 0.29) is 48.1 Å². The molecule has 7 heteroatoms. The van der Waals surface area contributed by atoms with Gasteiger partial charge in [-0.1, -0.05) is 11.6 Å². The molecule has 0 aromatic carbocycles. The molecule has 0 radical (unpaired) electrons. The summed E-state index contributed by atoms with van der Waals surface area (Å²) in [5.41, 5.74) is 0.289. The minimum absolute atomic E-state index is 0.00930. The summed E-state index contributed by atoms with van der Waals surface area (Å²) in [6.07, 6.45) is -2.26. The van der Waals surface area contributed by atoms with Gasteiger partial charge in [-0.15, -0.1) is 0 Å². The Hall–Kier alpha value is -1.04. The fourth-order valence-electron chi connectivity index (χ4n) is 2.56. The van der Waals surface area contributed by atoms with Crippen LogP contribution >= 0.6 is 11.6 Å². The monoisotopic (exact) mass is 294 g/mol. The molecule has 0 amide bonds. The molecule has 1 aliphatic rings. The molecule has 19 heavy (non-hydrogen) atoms. The number of Topliss-reactive ketones (excluding diaryl/α,β-unsaturated/α-hetero) is 1. The molecule has 3 nitrogen and oxygen atoms in total. The molecule has 0 bridgehead atoms. The summed E-state index contributed by atoms with van der Waals surface area (Å²) >= 11 is 5.88. The Morgan fingerprint density at radius 2 is 1.95 bits per heavy atom. The zero-order valence-electron chi connectivity index (χ0n) is 10.4. The van der Waals surface area contributed by atoms with Crippen LogP contribution in [0.25, 0.3) is 0 Å². The van der Waals surface area contributed by atoms with E-state index >= 15 is 0 Å². The van der Waals surface area contributed by atoms with E-state index in [4.69, 9.17) is 11.6 Å². The Balaban J connectivity index is 2.04. The first-order valence-corrected chi connectivity index (χ1v) is 6.47. The quantitative estimate of drug-likeness (QED) is 0.781. The van der Waals surface area contributed by atoms with Gasteiger partial charge in [0.1, 0.15) is 5.69 Å². The van der Waals surface area contributed by atoms with Crippen molar-refractivity contribution in [2.24, 2.45) is 18.9 Å². The van der Waals surface area contributed by atoms with Crippen molar-refractivity contribution >= 4 is 17.4 Å². The number of hydrogen-bond acceptors (Lipinski definition) is 2. The molecule has 0 saturated heterocycles. The average Bonchev–Trinajstić information content (AvgIpc) is 2.67. The summed E-state index contributed by atoms with van der Waals surface area (Å²) < 4.78 is 39.0. The third kappa shape index (κ3) is 2.94. The van der Waals surface area contributed by atoms with Crippen molar-refractivity contribution in [2.75, 3.05) is 0 Å². The highest BCUT2D eigenvalue weighted by Crippen LogP contribution is 2.40. The number of aromatic nitrogens is 2. The van der Waals surface area contributed by atoms with Gasteiger partial charge in [0.05, 0.1) is 17.1 Å². The normalized spacial score (nSPS) is 24.5. The zero-order chi connectivity index (χ0) is 14.2. The smallest absolute Gasteiger partial charge is 0.292 e. The fraction of sp³-hybridized carbons (Fsp3) is 0.667. The predicted octanol–water partition coefficient (Wildman–Crippen LogP) is 3.62. The summed E-state index contributed by atoms with van der Waals surface area (Å²) in [4.78, 5) is 12.2. The second-order valence-electron chi connectivity index (χ2n) is 4.92. The standard InChI is InChI=1S/C12H14ClF3N2O/c1-18-10(9(13)6-17-18)11(19)7-2-4-8(5-3-7)12(14,15)16/h6-8H,2-5H2,1H3. The van der Waals surface area contributed by atoms with Crippen molar-refractivity contribution in [3.05, 3.63) is 16.9 Å². The van der Waals surface area contributed by atoms with Gasteiger partial charge in [0.2, 0.25) is 0 Å². The van der Waals surface area contributed by atoms with E-state index in [1.165, 1.54) is 10.9 Å². The summed E-state index contributed by atoms with van der Waals surface area (Å²) in [6, 6.07) is 0. The minimum atomic E-state index is -4.15. The Morgan fingerprint density at radius 1 is 1.37 bits per heavy atom. The first kappa shape index (κ1) is 14.4. The van der Waals surface area contributed by atoms with Crippen LogP contribution in [-0.2, 0) is 7.05 Å². The lowest BCUT2D eigenvalue weighted by Gasteiger charge is -2.29. The van der Waals surface area contributed by atoms with E-state index in [9.17, 15) is 18.0 Å². The maximum atomic E-state index is 12.6. The van der Waals surface area contributed by atoms with Crippen LogP contribution in [0.3, 0.4) is 0 Å². The van der Waals surface area contributed by atoms with Gasteiger partial charge >= 0.3 is 6.18 Å². The van der Waals surface area contributed by atoms with Crippen LogP contribution in [0.4, 0.5) is 13.2 Å². The molecular formula is C12H14ClF3N2O. The molecule has 0 N–H and O–H groups in total. The third-order valence-corrected chi connectivity index (χ3v) is 3.96. The molecule has 1 saturated carbocycles. The highest BCUT2D eigenvalue weighted by molar-refractivity contribution is 6.33. The average molecular weight is 295 g/mol. The highest BCUT2D eigenvalue weighted by Gasteiger charge is 2.42. The van der Waals surface area contributed by atoms with Crippen LogP contribution in [-0.4, -0.2) is 21.7 Å². The minimum Gasteiger partial charge on any atom is -0.292 e. The number of nitrogens with zero attached hydrogens (tertiary/aromatic N) is 2. The first-order chi connectivity index (χ1) is 8.80. The Bertz CT molecular complexity index is 456. The summed E-state index contributed by atoms with van der Waals surface area (Å²) in [5.74, 6) is -1.87. The highest BCUT2D eigenvalue weighted by atomic mass is 35.5. The van der Waals surface area contributed by atoms with E-state index in [2.05, 4.69) is 5.10 Å². The molecule has 0 aliphatic heterocycles. The lowest BCUT2D eigenvalue weighted by molar-refractivity contribution is -0.183. The number of carbonyl (C=O) groups excluding carboxylic acids is 1. The summed E-state index contributed by atoms with van der Waals surface area (Å²) in [7, 11) is 1.60. The summed E-state index contributed by atoms with van der Waals surface area (Å²) in [5, 5.41) is 4.13. The molecule has 0 unspecified atom stereocenters. The van der Waals surface area contributed by atoms with E-state index in [1.807, 2.05) is 0 Å². The third-order valence-electron chi connectivity index (χ3n) is 3.69. The first-order valence-electron chi connectivity index (χ1n) is 6.09. The number of aryl methyl sites for hydroxylation is 1. The number of carbonyl (C=O) groups is 1. The second kappa shape index (κ2) is 5.15. The van der Waals surface area contributed by atoms with Crippen LogP contribution in [0.5, 0.6) is 0 Å². The second-order valence-corrected chi connectivity index (χ2v) is 5.33. The number of alkyl halides is 3. The van der Waals surface area contributed by atoms with Gasteiger partial charge in [-0.3, -0.25) is 9.48 Å². The van der Waals surface area contributed by atoms with E-state index in [1.54, 1.807) is 7.05 Å². The van der Waals surface area contributed by atoms with Gasteiger partial charge in [0.25, 0.3) is 0 Å². The van der Waals surface area contributed by atoms with Gasteiger partial charge in [0.15, 0.2) is 5.78 Å². The largest absolute Gasteiger partial charge is 0.391 e. The van der Waals surface area contributed by atoms with Crippen molar-refractivity contribution < 1.29 is 18.0 Å². The van der Waals surface area contributed by atoms with Crippen LogP contribution < -0.4 is 0 Å². The lowest BCUT2D eigenvalue weighted by atomic mass is 9.79. The van der Waals surface area contributed by atoms with Gasteiger partial charge in [-0.05, 0) is 25.7 Å². The van der Waals surface area contributed by atoms with Crippen LogP contribution in [0.15, 0.2) is 6.20 Å². The van der Waals surface area contributed by atoms with Crippen molar-refractivity contribution in [2.45, 2.75) is 31.9 Å². The van der Waals surface area contributed by atoms with Gasteiger partial charge in [-0.2, -0.15) is 18.3 Å². The number of halogens is 4. The molecule has 1 fully saturated rings. The van der Waals surface area contributed by atoms with E-state index in [0.29, 0.717) is 0 Å². The van der Waals surface area contributed by atoms with Crippen molar-refractivity contribution in [3.63, 3.8) is 0 Å². The molecule has 1 aliphatic carbocycles. The maximum absolute atomic E-state index is 12.6. The molecule has 106 valence electrons. The molecule has 0 atom stereocenters. The lowest BCUT2D eigenvalue weighted by Crippen LogP contribution is -2.31. The van der Waals surface area contributed by atoms with E-state index in [0.717, 1.165) is 0 Å². The summed E-state index contributed by atoms with van der Waals surface area (Å²) in [6.45, 7) is 0. The SMILES string of the molecule is Cn1ncc(Cl)c1C(=O)C1CCC(C(F)(F)F)CC1. The van der Waals surface area contributed by atoms with Crippen molar-refractivity contribution in [3.8, 4) is 0 Å². The molecule has 1 aromatic heterocycles. The van der Waals surface area contributed by atoms with Crippen molar-refractivity contribution in [1.82, 2.24) is 9.78 Å². The Morgan fingerprint density at radius 3 is 2.37 bits per heavy atom. The maximum Gasteiger partial charge on any atom is 0.391 e. The number of rotatable bonds is 2. The number of ketones is 1. The van der Waals surface area contributed by atoms with Crippen molar-refractivity contribution in [1.29, 1.82) is 0 Å². The van der Waals surface area contributed by atoms with Gasteiger partial charge < -0.3 is 0 Å².